The molecule has 1 heterocycles. The number of nitrogens with zero attached hydrogens (tertiary/aromatic N) is 1. The minimum atomic E-state index is 0.0140. The number of hydrogen-bond acceptors (Lipinski definition) is 2. The Morgan fingerprint density at radius 1 is 1.24 bits per heavy atom. The number of rotatable bonds is 3. The minimum Gasteiger partial charge on any atom is -0.345 e. The third-order valence-electron chi connectivity index (χ3n) is 5.87. The van der Waals surface area contributed by atoms with Crippen LogP contribution >= 0.6 is 0 Å². The summed E-state index contributed by atoms with van der Waals surface area (Å²) in [6.07, 6.45) is 7.75. The van der Waals surface area contributed by atoms with Crippen molar-refractivity contribution in [2.45, 2.75) is 63.8 Å². The number of aromatic amines is 1. The highest BCUT2D eigenvalue weighted by Crippen LogP contribution is 2.55. The summed E-state index contributed by atoms with van der Waals surface area (Å²) in [6.45, 7) is 4.21. The molecule has 21 heavy (non-hydrogen) atoms. The number of carbonyl (C=O) groups excluding carboxylic acids is 1. The summed E-state index contributed by atoms with van der Waals surface area (Å²) in [5.41, 5.74) is 1.66. The molecule has 1 amide bonds. The Labute approximate surface area is 126 Å². The van der Waals surface area contributed by atoms with Gasteiger partial charge in [0.15, 0.2) is 0 Å². The molecule has 1 aromatic rings. The molecular formula is C17H25N3O. The highest BCUT2D eigenvalue weighted by atomic mass is 16.2. The van der Waals surface area contributed by atoms with Gasteiger partial charge in [-0.05, 0) is 68.3 Å². The standard InChI is InChI=1S/C17H25N3O/c1-10(2)14-6-15(20-19-14)16(21)18-17-7-11-3-12(8-17)5-13(4-11)9-17/h6,10-13H,3-5,7-9H2,1-2H3,(H,18,21)(H,19,20). The Morgan fingerprint density at radius 2 is 1.81 bits per heavy atom. The van der Waals surface area contributed by atoms with E-state index in [9.17, 15) is 4.79 Å². The van der Waals surface area contributed by atoms with E-state index in [0.29, 0.717) is 11.6 Å². The Kier molecular flexibility index (Phi) is 2.92. The van der Waals surface area contributed by atoms with Gasteiger partial charge in [0, 0.05) is 11.2 Å². The molecule has 4 fully saturated rings. The van der Waals surface area contributed by atoms with Crippen molar-refractivity contribution in [2.24, 2.45) is 17.8 Å². The van der Waals surface area contributed by atoms with Gasteiger partial charge in [-0.15, -0.1) is 0 Å². The average molecular weight is 287 g/mol. The monoisotopic (exact) mass is 287 g/mol. The van der Waals surface area contributed by atoms with Gasteiger partial charge in [-0.25, -0.2) is 0 Å². The smallest absolute Gasteiger partial charge is 0.272 e. The van der Waals surface area contributed by atoms with Crippen LogP contribution in [0.5, 0.6) is 0 Å². The zero-order valence-electron chi connectivity index (χ0n) is 13.0. The summed E-state index contributed by atoms with van der Waals surface area (Å²) < 4.78 is 0. The fourth-order valence-electron chi connectivity index (χ4n) is 5.32. The normalized spacial score (nSPS) is 37.2. The van der Waals surface area contributed by atoms with Gasteiger partial charge in [0.05, 0.1) is 0 Å². The Bertz CT molecular complexity index is 525. The highest BCUT2D eigenvalue weighted by molar-refractivity contribution is 5.93. The number of H-pyrrole nitrogens is 1. The number of nitrogens with one attached hydrogen (secondary N) is 2. The predicted octanol–water partition coefficient (Wildman–Crippen LogP) is 3.23. The number of amides is 1. The highest BCUT2D eigenvalue weighted by Gasteiger charge is 2.51. The fraction of sp³-hybridized carbons (Fsp3) is 0.765. The van der Waals surface area contributed by atoms with Crippen molar-refractivity contribution in [3.63, 3.8) is 0 Å². The van der Waals surface area contributed by atoms with Crippen molar-refractivity contribution in [1.82, 2.24) is 15.5 Å². The van der Waals surface area contributed by atoms with E-state index in [4.69, 9.17) is 0 Å². The Balaban J connectivity index is 1.51. The molecule has 0 saturated heterocycles. The van der Waals surface area contributed by atoms with Crippen LogP contribution < -0.4 is 5.32 Å². The summed E-state index contributed by atoms with van der Waals surface area (Å²) in [6, 6.07) is 1.90. The van der Waals surface area contributed by atoms with Gasteiger partial charge in [-0.2, -0.15) is 5.10 Å². The zero-order valence-corrected chi connectivity index (χ0v) is 13.0. The van der Waals surface area contributed by atoms with Crippen molar-refractivity contribution in [3.05, 3.63) is 17.5 Å². The topological polar surface area (TPSA) is 57.8 Å². The second kappa shape index (κ2) is 4.59. The van der Waals surface area contributed by atoms with E-state index in [1.165, 1.54) is 38.5 Å². The second-order valence-electron chi connectivity index (χ2n) is 8.02. The van der Waals surface area contributed by atoms with Gasteiger partial charge in [-0.1, -0.05) is 13.8 Å². The minimum absolute atomic E-state index is 0.0140. The van der Waals surface area contributed by atoms with E-state index in [1.807, 2.05) is 6.07 Å². The average Bonchev–Trinajstić information content (AvgIpc) is 2.85. The molecule has 0 unspecified atom stereocenters. The quantitative estimate of drug-likeness (QED) is 0.896. The first-order chi connectivity index (χ1) is 10.0. The molecule has 4 heteroatoms. The molecule has 4 nitrogen and oxygen atoms in total. The van der Waals surface area contributed by atoms with Crippen molar-refractivity contribution in [2.75, 3.05) is 0 Å². The molecule has 0 radical (unpaired) electrons. The summed E-state index contributed by atoms with van der Waals surface area (Å²) in [7, 11) is 0. The van der Waals surface area contributed by atoms with Gasteiger partial charge in [0.2, 0.25) is 0 Å². The van der Waals surface area contributed by atoms with E-state index < -0.39 is 0 Å². The van der Waals surface area contributed by atoms with Gasteiger partial charge in [-0.3, -0.25) is 9.89 Å². The van der Waals surface area contributed by atoms with Crippen LogP contribution in [-0.2, 0) is 0 Å². The maximum atomic E-state index is 12.6. The Hall–Kier alpha value is -1.32. The van der Waals surface area contributed by atoms with Crippen LogP contribution in [0.1, 0.15) is 74.5 Å². The van der Waals surface area contributed by atoms with Gasteiger partial charge >= 0.3 is 0 Å². The summed E-state index contributed by atoms with van der Waals surface area (Å²) in [5.74, 6) is 2.93. The van der Waals surface area contributed by atoms with Crippen LogP contribution in [0.2, 0.25) is 0 Å². The van der Waals surface area contributed by atoms with Gasteiger partial charge in [0.1, 0.15) is 5.69 Å². The second-order valence-corrected chi connectivity index (χ2v) is 8.02. The zero-order chi connectivity index (χ0) is 14.6. The maximum Gasteiger partial charge on any atom is 0.272 e. The third-order valence-corrected chi connectivity index (χ3v) is 5.87. The first-order valence-electron chi connectivity index (χ1n) is 8.41. The molecule has 4 aliphatic carbocycles. The first kappa shape index (κ1) is 13.4. The molecule has 1 aromatic heterocycles. The molecule has 114 valence electrons. The maximum absolute atomic E-state index is 12.6. The van der Waals surface area contributed by atoms with Gasteiger partial charge < -0.3 is 5.32 Å². The van der Waals surface area contributed by atoms with Crippen molar-refractivity contribution >= 4 is 5.91 Å². The molecule has 0 aromatic carbocycles. The molecule has 0 aliphatic heterocycles. The van der Waals surface area contributed by atoms with Crippen LogP contribution in [0.4, 0.5) is 0 Å². The lowest BCUT2D eigenvalue weighted by molar-refractivity contribution is -0.0167. The fourth-order valence-corrected chi connectivity index (χ4v) is 5.32. The van der Waals surface area contributed by atoms with E-state index in [1.54, 1.807) is 0 Å². The Morgan fingerprint density at radius 3 is 2.29 bits per heavy atom. The van der Waals surface area contributed by atoms with Crippen LogP contribution in [0.15, 0.2) is 6.07 Å². The molecule has 5 rings (SSSR count). The number of hydrogen-bond donors (Lipinski definition) is 2. The lowest BCUT2D eigenvalue weighted by Gasteiger charge is -2.56. The third kappa shape index (κ3) is 2.29. The van der Waals surface area contributed by atoms with Crippen LogP contribution in [0.3, 0.4) is 0 Å². The van der Waals surface area contributed by atoms with Crippen molar-refractivity contribution in [3.8, 4) is 0 Å². The molecule has 4 aliphatic rings. The van der Waals surface area contributed by atoms with Crippen LogP contribution in [0, 0.1) is 17.8 Å². The van der Waals surface area contributed by atoms with E-state index in [2.05, 4.69) is 29.4 Å². The summed E-state index contributed by atoms with van der Waals surface area (Å²) in [5, 5.41) is 10.6. The molecule has 0 spiro atoms. The largest absolute Gasteiger partial charge is 0.345 e. The lowest BCUT2D eigenvalue weighted by atomic mass is 9.53. The molecule has 4 bridgehead atoms. The first-order valence-corrected chi connectivity index (χ1v) is 8.41. The molecule has 2 N–H and O–H groups in total. The predicted molar refractivity (Wildman–Crippen MR) is 81.0 cm³/mol. The lowest BCUT2D eigenvalue weighted by Crippen LogP contribution is -2.59. The van der Waals surface area contributed by atoms with Crippen molar-refractivity contribution < 1.29 is 4.79 Å². The number of carbonyl (C=O) groups is 1. The van der Waals surface area contributed by atoms with E-state index >= 15 is 0 Å². The number of aromatic nitrogens is 2. The van der Waals surface area contributed by atoms with Gasteiger partial charge in [0.25, 0.3) is 5.91 Å². The van der Waals surface area contributed by atoms with E-state index in [0.717, 1.165) is 23.4 Å². The summed E-state index contributed by atoms with van der Waals surface area (Å²) in [4.78, 5) is 12.6. The summed E-state index contributed by atoms with van der Waals surface area (Å²) >= 11 is 0. The van der Waals surface area contributed by atoms with Crippen LogP contribution in [-0.4, -0.2) is 21.6 Å². The molecule has 4 saturated carbocycles. The van der Waals surface area contributed by atoms with Crippen molar-refractivity contribution in [1.29, 1.82) is 0 Å². The molecular weight excluding hydrogens is 262 g/mol. The SMILES string of the molecule is CC(C)c1cc(C(=O)NC23CC4CC(CC(C4)C2)C3)n[nH]1. The molecule has 0 atom stereocenters. The van der Waals surface area contributed by atoms with E-state index in [-0.39, 0.29) is 11.4 Å². The van der Waals surface area contributed by atoms with Crippen LogP contribution in [0.25, 0.3) is 0 Å².